The molecule has 1 aromatic carbocycles. The van der Waals surface area contributed by atoms with Gasteiger partial charge >= 0.3 is 6.36 Å². The smallest absolute Gasteiger partial charge is 0.406 e. The molecule has 36 heavy (non-hydrogen) atoms. The fraction of sp³-hybridized carbons (Fsp3) is 0.517. The van der Waals surface area contributed by atoms with Crippen molar-refractivity contribution < 1.29 is 17.9 Å². The fourth-order valence-corrected chi connectivity index (χ4v) is 4.51. The Hall–Kier alpha value is -3.01. The number of nitrogens with zero attached hydrogens (tertiary/aromatic N) is 3. The highest BCUT2D eigenvalue weighted by molar-refractivity contribution is 5.92. The largest absolute Gasteiger partial charge is 0.573 e. The number of halogens is 3. The summed E-state index contributed by atoms with van der Waals surface area (Å²) in [5, 5.41) is 9.93. The minimum atomic E-state index is -4.74. The second-order valence-electron chi connectivity index (χ2n) is 9.77. The predicted octanol–water partition coefficient (Wildman–Crippen LogP) is 8.65. The van der Waals surface area contributed by atoms with Gasteiger partial charge in [0.05, 0.1) is 11.5 Å². The number of ether oxygens (including phenoxy) is 1. The molecular formula is C29H38F3N3O. The number of hydrogen-bond donors (Lipinski definition) is 0. The molecule has 0 saturated heterocycles. The third-order valence-corrected chi connectivity index (χ3v) is 6.66. The normalized spacial score (nSPS) is 21.9. The number of rotatable bonds is 10. The Morgan fingerprint density at radius 2 is 1.81 bits per heavy atom. The molecule has 196 valence electrons. The number of benzene rings is 1. The molecule has 1 aromatic rings. The minimum Gasteiger partial charge on any atom is -0.406 e. The van der Waals surface area contributed by atoms with Crippen molar-refractivity contribution in [3.63, 3.8) is 0 Å². The molecule has 1 saturated carbocycles. The molecule has 0 N–H and O–H groups in total. The van der Waals surface area contributed by atoms with Gasteiger partial charge in [0, 0.05) is 19.0 Å². The summed E-state index contributed by atoms with van der Waals surface area (Å²) in [5.41, 5.74) is 3.96. The van der Waals surface area contributed by atoms with Gasteiger partial charge in [0.25, 0.3) is 0 Å². The molecule has 0 amide bonds. The molecule has 0 aromatic heterocycles. The molecule has 0 unspecified atom stereocenters. The van der Waals surface area contributed by atoms with E-state index in [1.165, 1.54) is 17.7 Å². The van der Waals surface area contributed by atoms with E-state index in [-0.39, 0.29) is 5.75 Å². The van der Waals surface area contributed by atoms with Crippen LogP contribution in [0.25, 0.3) is 5.57 Å². The summed E-state index contributed by atoms with van der Waals surface area (Å²) < 4.78 is 42.0. The average Bonchev–Trinajstić information content (AvgIpc) is 2.79. The molecule has 0 spiro atoms. The molecule has 0 radical (unpaired) electrons. The number of alkyl halides is 3. The van der Waals surface area contributed by atoms with Crippen LogP contribution in [0.2, 0.25) is 0 Å². The maximum Gasteiger partial charge on any atom is 0.573 e. The van der Waals surface area contributed by atoms with E-state index in [0.29, 0.717) is 11.7 Å². The number of unbranched alkanes of at least 4 members (excludes halogenated alkanes) is 1. The molecule has 1 fully saturated rings. The fourth-order valence-electron chi connectivity index (χ4n) is 4.51. The highest BCUT2D eigenvalue weighted by atomic mass is 19.4. The van der Waals surface area contributed by atoms with E-state index in [9.17, 15) is 18.4 Å². The number of allylic oxidation sites excluding steroid dienone is 4. The van der Waals surface area contributed by atoms with Crippen LogP contribution in [0.15, 0.2) is 58.5 Å². The molecule has 0 bridgehead atoms. The van der Waals surface area contributed by atoms with Crippen molar-refractivity contribution in [1.29, 1.82) is 5.26 Å². The number of aliphatic imine (C=N–C) groups is 1. The standard InChI is InChI=1S/C29H38F3N3O/c1-8-10-11-26(24-12-14-25(15-13-24)36-29(30,31)32)22(5)27(35(7)18-20(3)9-2)34-23(6)28(19-33)16-21(4)17-28/h11-15,18,21H,8-10,16-17H2,1-7H3/b20-18+,26-11-,27-22+,34-23?. The molecule has 1 aliphatic carbocycles. The van der Waals surface area contributed by atoms with E-state index in [2.05, 4.69) is 44.6 Å². The minimum absolute atomic E-state index is 0.259. The van der Waals surface area contributed by atoms with Crippen molar-refractivity contribution in [3.8, 4) is 11.8 Å². The summed E-state index contributed by atoms with van der Waals surface area (Å²) in [7, 11) is 1.94. The first kappa shape index (κ1) is 29.2. The van der Waals surface area contributed by atoms with Crippen molar-refractivity contribution in [3.05, 3.63) is 59.1 Å². The zero-order chi connectivity index (χ0) is 27.1. The van der Waals surface area contributed by atoms with Gasteiger partial charge < -0.3 is 9.64 Å². The maximum atomic E-state index is 12.6. The van der Waals surface area contributed by atoms with Crippen LogP contribution in [-0.4, -0.2) is 24.0 Å². The summed E-state index contributed by atoms with van der Waals surface area (Å²) >= 11 is 0. The van der Waals surface area contributed by atoms with Gasteiger partial charge in [-0.2, -0.15) is 5.26 Å². The summed E-state index contributed by atoms with van der Waals surface area (Å²) in [6, 6.07) is 8.42. The van der Waals surface area contributed by atoms with Crippen molar-refractivity contribution >= 4 is 11.3 Å². The van der Waals surface area contributed by atoms with Gasteiger partial charge in [-0.15, -0.1) is 13.2 Å². The van der Waals surface area contributed by atoms with Crippen molar-refractivity contribution in [1.82, 2.24) is 4.90 Å². The van der Waals surface area contributed by atoms with Crippen LogP contribution in [0.3, 0.4) is 0 Å². The van der Waals surface area contributed by atoms with Crippen LogP contribution in [0.4, 0.5) is 13.2 Å². The van der Waals surface area contributed by atoms with E-state index < -0.39 is 11.8 Å². The zero-order valence-electron chi connectivity index (χ0n) is 22.5. The van der Waals surface area contributed by atoms with Gasteiger partial charge in [-0.1, -0.05) is 51.0 Å². The van der Waals surface area contributed by atoms with Crippen LogP contribution < -0.4 is 4.74 Å². The quantitative estimate of drug-likeness (QED) is 0.238. The van der Waals surface area contributed by atoms with Crippen LogP contribution in [-0.2, 0) is 0 Å². The van der Waals surface area contributed by atoms with Crippen molar-refractivity contribution in [2.45, 2.75) is 80.0 Å². The Balaban J connectivity index is 2.64. The molecule has 2 rings (SSSR count). The molecule has 1 aliphatic rings. The lowest BCUT2D eigenvalue weighted by atomic mass is 9.61. The van der Waals surface area contributed by atoms with Crippen LogP contribution in [0.5, 0.6) is 5.75 Å². The lowest BCUT2D eigenvalue weighted by Crippen LogP contribution is -2.40. The third-order valence-electron chi connectivity index (χ3n) is 6.66. The SMILES string of the molecule is CCC/C=C(/C(C)=C(\N=C(C)C1(C#N)CC(C)C1)N(C)/C=C(\C)CC)c1ccc(OC(F)(F)F)cc1. The Morgan fingerprint density at radius 1 is 1.19 bits per heavy atom. The third kappa shape index (κ3) is 7.49. The molecule has 0 atom stereocenters. The van der Waals surface area contributed by atoms with E-state index in [1.54, 1.807) is 12.1 Å². The summed E-state index contributed by atoms with van der Waals surface area (Å²) in [4.78, 5) is 7.00. The zero-order valence-corrected chi connectivity index (χ0v) is 22.5. The van der Waals surface area contributed by atoms with Gasteiger partial charge in [0.1, 0.15) is 11.6 Å². The van der Waals surface area contributed by atoms with Gasteiger partial charge in [0.15, 0.2) is 0 Å². The molecular weight excluding hydrogens is 463 g/mol. The predicted molar refractivity (Wildman–Crippen MR) is 140 cm³/mol. The number of hydrogen-bond acceptors (Lipinski definition) is 4. The van der Waals surface area contributed by atoms with E-state index in [1.807, 2.05) is 32.0 Å². The molecule has 0 aliphatic heterocycles. The summed E-state index contributed by atoms with van der Waals surface area (Å²) in [5.74, 6) is 0.943. The van der Waals surface area contributed by atoms with Gasteiger partial charge in [0.2, 0.25) is 0 Å². The Bertz CT molecular complexity index is 1070. The van der Waals surface area contributed by atoms with Gasteiger partial charge in [-0.3, -0.25) is 0 Å². The van der Waals surface area contributed by atoms with Crippen molar-refractivity contribution in [2.24, 2.45) is 16.3 Å². The lowest BCUT2D eigenvalue weighted by molar-refractivity contribution is -0.274. The topological polar surface area (TPSA) is 48.6 Å². The molecule has 4 nitrogen and oxygen atoms in total. The van der Waals surface area contributed by atoms with Crippen LogP contribution in [0, 0.1) is 22.7 Å². The van der Waals surface area contributed by atoms with Gasteiger partial charge in [-0.05, 0) is 81.2 Å². The first-order valence-electron chi connectivity index (χ1n) is 12.5. The van der Waals surface area contributed by atoms with Crippen LogP contribution in [0.1, 0.15) is 79.2 Å². The second kappa shape index (κ2) is 12.3. The second-order valence-corrected chi connectivity index (χ2v) is 9.77. The molecule has 7 heteroatoms. The summed E-state index contributed by atoms with van der Waals surface area (Å²) in [6.45, 7) is 12.2. The number of nitriles is 1. The van der Waals surface area contributed by atoms with Crippen LogP contribution >= 0.6 is 0 Å². The van der Waals surface area contributed by atoms with E-state index in [4.69, 9.17) is 4.99 Å². The van der Waals surface area contributed by atoms with Gasteiger partial charge in [-0.25, -0.2) is 4.99 Å². The monoisotopic (exact) mass is 501 g/mol. The van der Waals surface area contributed by atoms with E-state index >= 15 is 0 Å². The first-order valence-corrected chi connectivity index (χ1v) is 12.5. The summed E-state index contributed by atoms with van der Waals surface area (Å²) in [6.07, 6.45) is 3.58. The first-order chi connectivity index (χ1) is 16.9. The van der Waals surface area contributed by atoms with Crippen molar-refractivity contribution in [2.75, 3.05) is 7.05 Å². The maximum absolute atomic E-state index is 12.6. The molecule has 0 heterocycles. The highest BCUT2D eigenvalue weighted by Crippen LogP contribution is 2.46. The van der Waals surface area contributed by atoms with E-state index in [0.717, 1.165) is 54.5 Å². The Morgan fingerprint density at radius 3 is 2.28 bits per heavy atom. The Kier molecular flexibility index (Phi) is 9.98. The average molecular weight is 502 g/mol. The highest BCUT2D eigenvalue weighted by Gasteiger charge is 2.45. The lowest BCUT2D eigenvalue weighted by Gasteiger charge is -2.41. The Labute approximate surface area is 213 Å².